The summed E-state index contributed by atoms with van der Waals surface area (Å²) in [5, 5.41) is 19.5. The molecule has 4 heterocycles. The second kappa shape index (κ2) is 13.7. The fourth-order valence-electron chi connectivity index (χ4n) is 5.89. The Bertz CT molecular complexity index is 1810. The summed E-state index contributed by atoms with van der Waals surface area (Å²) in [7, 11) is -3.99. The predicted molar refractivity (Wildman–Crippen MR) is 196 cm³/mol. The third kappa shape index (κ3) is 7.85. The van der Waals surface area contributed by atoms with Crippen molar-refractivity contribution in [3.05, 3.63) is 65.8 Å². The third-order valence-electron chi connectivity index (χ3n) is 11.1. The minimum absolute atomic E-state index is 0.0188. The molecular weight excluding hydrogens is 652 g/mol. The van der Waals surface area contributed by atoms with E-state index in [4.69, 9.17) is 18.7 Å². The summed E-state index contributed by atoms with van der Waals surface area (Å²) in [6.45, 7) is 24.8. The molecule has 1 aliphatic carbocycles. The van der Waals surface area contributed by atoms with Gasteiger partial charge in [-0.2, -0.15) is 15.5 Å². The molecule has 0 spiro atoms. The number of rotatable bonds is 10. The first kappa shape index (κ1) is 36.9. The van der Waals surface area contributed by atoms with Crippen molar-refractivity contribution in [1.82, 2.24) is 24.4 Å². The van der Waals surface area contributed by atoms with E-state index in [0.717, 1.165) is 42.5 Å². The van der Waals surface area contributed by atoms with Gasteiger partial charge >= 0.3 is 0 Å². The minimum atomic E-state index is -2.17. The van der Waals surface area contributed by atoms with Crippen LogP contribution in [0.15, 0.2) is 43.0 Å². The van der Waals surface area contributed by atoms with Crippen LogP contribution < -0.4 is 4.74 Å². The highest BCUT2D eigenvalue weighted by atomic mass is 28.4. The third-order valence-corrected chi connectivity index (χ3v) is 20.1. The van der Waals surface area contributed by atoms with E-state index in [9.17, 15) is 9.65 Å². The summed E-state index contributed by atoms with van der Waals surface area (Å²) in [6, 6.07) is 7.49. The number of pyridine rings is 2. The first-order valence-corrected chi connectivity index (χ1v) is 23.2. The summed E-state index contributed by atoms with van der Waals surface area (Å²) in [5.74, 6) is 0.0424. The number of fused-ring (bicyclic) bond motifs is 1. The highest BCUT2D eigenvalue weighted by molar-refractivity contribution is 6.74. The number of nitrogens with zero attached hydrogens (tertiary/aromatic N) is 6. The average Bonchev–Trinajstić information content (AvgIpc) is 3.62. The Morgan fingerprint density at radius 2 is 1.63 bits per heavy atom. The second-order valence-electron chi connectivity index (χ2n) is 16.5. The topological polar surface area (TPSA) is 99.5 Å². The van der Waals surface area contributed by atoms with Gasteiger partial charge in [0, 0.05) is 29.1 Å². The molecular formula is C37H53FN6O3Si2. The maximum atomic E-state index is 13.9. The molecule has 1 fully saturated rings. The van der Waals surface area contributed by atoms with Crippen molar-refractivity contribution < 1.29 is 18.0 Å². The van der Waals surface area contributed by atoms with Gasteiger partial charge in [-0.3, -0.25) is 9.67 Å². The van der Waals surface area contributed by atoms with E-state index in [1.54, 1.807) is 16.8 Å². The molecule has 0 radical (unpaired) electrons. The fourth-order valence-corrected chi connectivity index (χ4v) is 8.31. The normalized spacial score (nSPS) is 18.4. The largest absolute Gasteiger partial charge is 0.479 e. The monoisotopic (exact) mass is 704 g/mol. The van der Waals surface area contributed by atoms with E-state index in [2.05, 4.69) is 95.5 Å². The Balaban J connectivity index is 1.45. The predicted octanol–water partition coefficient (Wildman–Crippen LogP) is 9.56. The molecule has 0 amide bonds. The van der Waals surface area contributed by atoms with Gasteiger partial charge in [-0.15, -0.1) is 0 Å². The summed E-state index contributed by atoms with van der Waals surface area (Å²) in [6.07, 6.45) is 10.3. The summed E-state index contributed by atoms with van der Waals surface area (Å²) in [4.78, 5) is 4.36. The maximum absolute atomic E-state index is 13.9. The van der Waals surface area contributed by atoms with Gasteiger partial charge in [0.15, 0.2) is 22.7 Å². The number of ether oxygens (including phenoxy) is 1. The zero-order valence-electron chi connectivity index (χ0n) is 31.1. The van der Waals surface area contributed by atoms with E-state index in [1.807, 2.05) is 18.5 Å². The van der Waals surface area contributed by atoms with Crippen LogP contribution in [0, 0.1) is 24.1 Å². The molecule has 1 aliphatic rings. The maximum Gasteiger partial charge on any atom is 0.192 e. The molecule has 264 valence electrons. The smallest absolute Gasteiger partial charge is 0.192 e. The number of hydrogen-bond donors (Lipinski definition) is 0. The van der Waals surface area contributed by atoms with Crippen LogP contribution in [0.25, 0.3) is 16.6 Å². The van der Waals surface area contributed by atoms with Crippen LogP contribution in [0.1, 0.15) is 96.3 Å². The lowest BCUT2D eigenvalue weighted by molar-refractivity contribution is 0.115. The van der Waals surface area contributed by atoms with Crippen LogP contribution in [-0.2, 0) is 8.85 Å². The Labute approximate surface area is 293 Å². The van der Waals surface area contributed by atoms with Gasteiger partial charge in [0.2, 0.25) is 0 Å². The fraction of sp³-hybridized carbons (Fsp3) is 0.568. The summed E-state index contributed by atoms with van der Waals surface area (Å²) in [5.41, 5.74) is 4.38. The van der Waals surface area contributed by atoms with E-state index < -0.39 is 28.6 Å². The Morgan fingerprint density at radius 3 is 2.22 bits per heavy atom. The zero-order chi connectivity index (χ0) is 35.9. The lowest BCUT2D eigenvalue weighted by Crippen LogP contribution is -2.44. The highest BCUT2D eigenvalue weighted by Crippen LogP contribution is 2.42. The number of halogens is 1. The van der Waals surface area contributed by atoms with Gasteiger partial charge in [-0.25, -0.2) is 8.91 Å². The molecule has 4 aromatic heterocycles. The molecule has 0 aliphatic heterocycles. The molecule has 12 heteroatoms. The zero-order valence-corrected chi connectivity index (χ0v) is 33.1. The quantitative estimate of drug-likeness (QED) is 0.152. The van der Waals surface area contributed by atoms with Crippen molar-refractivity contribution in [2.24, 2.45) is 0 Å². The Kier molecular flexibility index (Phi) is 10.3. The summed E-state index contributed by atoms with van der Waals surface area (Å²) >= 11 is 0. The highest BCUT2D eigenvalue weighted by Gasteiger charge is 2.40. The van der Waals surface area contributed by atoms with Crippen molar-refractivity contribution in [1.29, 1.82) is 5.26 Å². The number of aromatic nitrogens is 5. The van der Waals surface area contributed by atoms with Crippen molar-refractivity contribution in [3.8, 4) is 22.9 Å². The van der Waals surface area contributed by atoms with Crippen molar-refractivity contribution in [3.63, 3.8) is 0 Å². The van der Waals surface area contributed by atoms with E-state index in [1.165, 1.54) is 12.3 Å². The molecule has 0 saturated heterocycles. The van der Waals surface area contributed by atoms with E-state index >= 15 is 0 Å². The number of hydrogen-bond acceptors (Lipinski definition) is 7. The molecule has 5 rings (SSSR count). The molecule has 4 aromatic rings. The Hall–Kier alpha value is -3.38. The van der Waals surface area contributed by atoms with Crippen molar-refractivity contribution in [2.75, 3.05) is 6.61 Å². The molecule has 9 nitrogen and oxygen atoms in total. The summed E-state index contributed by atoms with van der Waals surface area (Å²) < 4.78 is 37.8. The Morgan fingerprint density at radius 1 is 0.959 bits per heavy atom. The van der Waals surface area contributed by atoms with Gasteiger partial charge in [-0.05, 0) is 87.1 Å². The lowest BCUT2D eigenvalue weighted by atomic mass is 9.93. The molecule has 1 atom stereocenters. The van der Waals surface area contributed by atoms with Gasteiger partial charge in [0.25, 0.3) is 0 Å². The van der Waals surface area contributed by atoms with Crippen molar-refractivity contribution >= 4 is 22.2 Å². The van der Waals surface area contributed by atoms with Gasteiger partial charge in [0.1, 0.15) is 28.7 Å². The average molecular weight is 705 g/mol. The van der Waals surface area contributed by atoms with E-state index in [-0.39, 0.29) is 16.7 Å². The lowest BCUT2D eigenvalue weighted by Gasteiger charge is -2.41. The van der Waals surface area contributed by atoms with Crippen LogP contribution >= 0.6 is 0 Å². The first-order valence-electron chi connectivity index (χ1n) is 17.4. The molecule has 1 unspecified atom stereocenters. The van der Waals surface area contributed by atoms with Gasteiger partial charge in [-0.1, -0.05) is 41.5 Å². The first-order chi connectivity index (χ1) is 22.8. The number of nitriles is 1. The van der Waals surface area contributed by atoms with Crippen LogP contribution in [0.5, 0.6) is 5.75 Å². The van der Waals surface area contributed by atoms with Crippen molar-refractivity contribution in [2.45, 2.75) is 129 Å². The SMILES string of the molecule is Cc1c(-c2cc(OC(CO[Si](C)(C)C(C)(C)C)c3ccc(F)cn3)c3c(C#N)cnn3c2)cnn1C1CCC(O[Si](C)(C)C(C)(C)C)CC1. The molecule has 0 N–H and O–H groups in total. The van der Waals surface area contributed by atoms with Crippen LogP contribution in [0.3, 0.4) is 0 Å². The van der Waals surface area contributed by atoms with Crippen LogP contribution in [0.4, 0.5) is 4.39 Å². The standard InChI is InChI=1S/C37H53FN6O3Si2/c1-25-31(22-42-44(25)29-13-15-30(16-14-29)47-49(10,11)37(5,6)7)26-18-33(35-27(19-39)20-41-43(35)23-26)46-34(32-17-12-28(38)21-40-32)24-45-48(8,9)36(2,3)4/h12,17-18,20-23,29-30,34H,13-16,24H2,1-11H3. The second-order valence-corrected chi connectivity index (χ2v) is 26.1. The van der Waals surface area contributed by atoms with Crippen LogP contribution in [-0.4, -0.2) is 53.7 Å². The molecule has 0 bridgehead atoms. The van der Waals surface area contributed by atoms with Gasteiger partial charge < -0.3 is 13.6 Å². The molecule has 1 saturated carbocycles. The minimum Gasteiger partial charge on any atom is -0.479 e. The van der Waals surface area contributed by atoms with E-state index in [0.29, 0.717) is 34.7 Å². The van der Waals surface area contributed by atoms with Crippen LogP contribution in [0.2, 0.25) is 36.3 Å². The van der Waals surface area contributed by atoms with Gasteiger partial charge in [0.05, 0.1) is 36.9 Å². The molecule has 0 aromatic carbocycles. The molecule has 49 heavy (non-hydrogen) atoms.